The topological polar surface area (TPSA) is 12.0 Å². The van der Waals surface area contributed by atoms with Crippen molar-refractivity contribution in [1.82, 2.24) is 5.32 Å². The van der Waals surface area contributed by atoms with E-state index in [-0.39, 0.29) is 0 Å². The standard InChI is InChI=1S/C12H14IN/c1-3-5-12(14-4-2)10-6-8-11(13)9-7-10/h1,6-9,12,14H,4-5H2,2H3. The number of hydrogen-bond donors (Lipinski definition) is 1. The van der Waals surface area contributed by atoms with Crippen LogP contribution in [-0.2, 0) is 0 Å². The molecule has 0 heterocycles. The van der Waals surface area contributed by atoms with Crippen LogP contribution in [-0.4, -0.2) is 6.54 Å². The molecule has 1 N–H and O–H groups in total. The normalized spacial score (nSPS) is 12.1. The lowest BCUT2D eigenvalue weighted by molar-refractivity contribution is 0.565. The maximum Gasteiger partial charge on any atom is 0.0430 e. The van der Waals surface area contributed by atoms with Crippen molar-refractivity contribution in [2.75, 3.05) is 6.54 Å². The number of benzene rings is 1. The first-order chi connectivity index (χ1) is 6.77. The first kappa shape index (κ1) is 11.5. The summed E-state index contributed by atoms with van der Waals surface area (Å²) in [5.41, 5.74) is 1.27. The van der Waals surface area contributed by atoms with E-state index in [1.165, 1.54) is 9.13 Å². The van der Waals surface area contributed by atoms with E-state index in [4.69, 9.17) is 6.42 Å². The van der Waals surface area contributed by atoms with Crippen molar-refractivity contribution in [3.63, 3.8) is 0 Å². The van der Waals surface area contributed by atoms with E-state index in [9.17, 15) is 0 Å². The first-order valence-electron chi connectivity index (χ1n) is 4.70. The van der Waals surface area contributed by atoms with Crippen molar-refractivity contribution in [1.29, 1.82) is 0 Å². The molecule has 1 nitrogen and oxygen atoms in total. The van der Waals surface area contributed by atoms with Gasteiger partial charge in [0.05, 0.1) is 0 Å². The Hall–Kier alpha value is -0.530. The van der Waals surface area contributed by atoms with Gasteiger partial charge >= 0.3 is 0 Å². The van der Waals surface area contributed by atoms with E-state index in [1.54, 1.807) is 0 Å². The predicted octanol–water partition coefficient (Wildman–Crippen LogP) is 2.97. The maximum atomic E-state index is 5.34. The molecular weight excluding hydrogens is 285 g/mol. The minimum Gasteiger partial charge on any atom is -0.309 e. The molecule has 1 aromatic carbocycles. The second-order valence-corrected chi connectivity index (χ2v) is 4.32. The van der Waals surface area contributed by atoms with Crippen LogP contribution in [0.1, 0.15) is 24.9 Å². The van der Waals surface area contributed by atoms with Gasteiger partial charge in [-0.25, -0.2) is 0 Å². The monoisotopic (exact) mass is 299 g/mol. The van der Waals surface area contributed by atoms with Gasteiger partial charge in [0.2, 0.25) is 0 Å². The fourth-order valence-electron chi connectivity index (χ4n) is 1.37. The smallest absolute Gasteiger partial charge is 0.0430 e. The molecule has 0 amide bonds. The van der Waals surface area contributed by atoms with Crippen LogP contribution in [0.2, 0.25) is 0 Å². The Bertz CT molecular complexity index is 310. The fourth-order valence-corrected chi connectivity index (χ4v) is 1.73. The van der Waals surface area contributed by atoms with Crippen molar-refractivity contribution >= 4 is 22.6 Å². The fraction of sp³-hybridized carbons (Fsp3) is 0.333. The van der Waals surface area contributed by atoms with E-state index in [0.717, 1.165) is 13.0 Å². The third-order valence-corrected chi connectivity index (χ3v) is 2.76. The molecule has 0 saturated carbocycles. The highest BCUT2D eigenvalue weighted by molar-refractivity contribution is 14.1. The van der Waals surface area contributed by atoms with E-state index >= 15 is 0 Å². The molecule has 1 atom stereocenters. The van der Waals surface area contributed by atoms with Gasteiger partial charge in [-0.1, -0.05) is 19.1 Å². The van der Waals surface area contributed by atoms with Crippen LogP contribution in [0.15, 0.2) is 24.3 Å². The molecule has 0 aliphatic heterocycles. The van der Waals surface area contributed by atoms with Gasteiger partial charge < -0.3 is 5.32 Å². The first-order valence-corrected chi connectivity index (χ1v) is 5.78. The minimum absolute atomic E-state index is 0.294. The molecule has 74 valence electrons. The highest BCUT2D eigenvalue weighted by Gasteiger charge is 2.07. The second-order valence-electron chi connectivity index (χ2n) is 3.07. The van der Waals surface area contributed by atoms with E-state index in [1.807, 2.05) is 0 Å². The highest BCUT2D eigenvalue weighted by Crippen LogP contribution is 2.17. The van der Waals surface area contributed by atoms with Crippen molar-refractivity contribution in [3.8, 4) is 12.3 Å². The Labute approximate surface area is 99.4 Å². The zero-order chi connectivity index (χ0) is 10.4. The Morgan fingerprint density at radius 1 is 1.43 bits per heavy atom. The minimum atomic E-state index is 0.294. The Kier molecular flexibility index (Phi) is 4.99. The molecule has 0 spiro atoms. The van der Waals surface area contributed by atoms with Gasteiger partial charge in [0, 0.05) is 16.0 Å². The molecule has 1 rings (SSSR count). The van der Waals surface area contributed by atoms with Gasteiger partial charge in [0.15, 0.2) is 0 Å². The number of halogens is 1. The van der Waals surface area contributed by atoms with Crippen molar-refractivity contribution in [2.45, 2.75) is 19.4 Å². The summed E-state index contributed by atoms with van der Waals surface area (Å²) in [5, 5.41) is 3.37. The third-order valence-electron chi connectivity index (χ3n) is 2.04. The summed E-state index contributed by atoms with van der Waals surface area (Å²) in [5.74, 6) is 2.70. The number of terminal acetylenes is 1. The van der Waals surface area contributed by atoms with Crippen LogP contribution < -0.4 is 5.32 Å². The van der Waals surface area contributed by atoms with Crippen LogP contribution in [0, 0.1) is 15.9 Å². The van der Waals surface area contributed by atoms with Gasteiger partial charge in [-0.3, -0.25) is 0 Å². The summed E-state index contributed by atoms with van der Waals surface area (Å²) >= 11 is 2.30. The van der Waals surface area contributed by atoms with E-state index in [2.05, 4.69) is 65.0 Å². The summed E-state index contributed by atoms with van der Waals surface area (Å²) < 4.78 is 1.25. The Morgan fingerprint density at radius 3 is 2.57 bits per heavy atom. The molecule has 14 heavy (non-hydrogen) atoms. The van der Waals surface area contributed by atoms with Crippen LogP contribution in [0.4, 0.5) is 0 Å². The lowest BCUT2D eigenvalue weighted by atomic mass is 10.0. The lowest BCUT2D eigenvalue weighted by Crippen LogP contribution is -2.20. The van der Waals surface area contributed by atoms with Gasteiger partial charge in [0.1, 0.15) is 0 Å². The molecule has 0 aromatic heterocycles. The van der Waals surface area contributed by atoms with Crippen LogP contribution in [0.3, 0.4) is 0 Å². The number of rotatable bonds is 4. The molecule has 0 radical (unpaired) electrons. The van der Waals surface area contributed by atoms with E-state index < -0.39 is 0 Å². The largest absolute Gasteiger partial charge is 0.309 e. The SMILES string of the molecule is C#CCC(NCC)c1ccc(I)cc1. The average Bonchev–Trinajstić information content (AvgIpc) is 2.19. The quantitative estimate of drug-likeness (QED) is 0.666. The molecular formula is C12H14IN. The van der Waals surface area contributed by atoms with Gasteiger partial charge in [-0.15, -0.1) is 12.3 Å². The van der Waals surface area contributed by atoms with Crippen molar-refractivity contribution < 1.29 is 0 Å². The van der Waals surface area contributed by atoms with Gasteiger partial charge in [-0.2, -0.15) is 0 Å². The number of hydrogen-bond acceptors (Lipinski definition) is 1. The summed E-state index contributed by atoms with van der Waals surface area (Å²) in [6, 6.07) is 8.77. The maximum absolute atomic E-state index is 5.34. The van der Waals surface area contributed by atoms with Gasteiger partial charge in [-0.05, 0) is 46.8 Å². The molecule has 2 heteroatoms. The predicted molar refractivity (Wildman–Crippen MR) is 69.0 cm³/mol. The third kappa shape index (κ3) is 3.32. The summed E-state index contributed by atoms with van der Waals surface area (Å²) in [7, 11) is 0. The molecule has 0 bridgehead atoms. The molecule has 1 aromatic rings. The molecule has 0 aliphatic rings. The summed E-state index contributed by atoms with van der Waals surface area (Å²) in [6.45, 7) is 3.04. The average molecular weight is 299 g/mol. The van der Waals surface area contributed by atoms with Crippen LogP contribution in [0.5, 0.6) is 0 Å². The Morgan fingerprint density at radius 2 is 2.07 bits per heavy atom. The van der Waals surface area contributed by atoms with Crippen LogP contribution >= 0.6 is 22.6 Å². The molecule has 0 aliphatic carbocycles. The van der Waals surface area contributed by atoms with Crippen molar-refractivity contribution in [3.05, 3.63) is 33.4 Å². The molecule has 1 unspecified atom stereocenters. The molecule has 0 saturated heterocycles. The highest BCUT2D eigenvalue weighted by atomic mass is 127. The van der Waals surface area contributed by atoms with E-state index in [0.29, 0.717) is 6.04 Å². The summed E-state index contributed by atoms with van der Waals surface area (Å²) in [4.78, 5) is 0. The van der Waals surface area contributed by atoms with Crippen molar-refractivity contribution in [2.24, 2.45) is 0 Å². The van der Waals surface area contributed by atoms with Gasteiger partial charge in [0.25, 0.3) is 0 Å². The second kappa shape index (κ2) is 6.05. The zero-order valence-corrected chi connectivity index (χ0v) is 10.4. The number of nitrogens with one attached hydrogen (secondary N) is 1. The lowest BCUT2D eigenvalue weighted by Gasteiger charge is -2.15. The molecule has 0 fully saturated rings. The Balaban J connectivity index is 2.77. The van der Waals surface area contributed by atoms with Crippen LogP contribution in [0.25, 0.3) is 0 Å². The summed E-state index contributed by atoms with van der Waals surface area (Å²) in [6.07, 6.45) is 6.08. The zero-order valence-electron chi connectivity index (χ0n) is 8.26.